The van der Waals surface area contributed by atoms with Gasteiger partial charge in [0.2, 0.25) is 0 Å². The minimum Gasteiger partial charge on any atom is -0.461 e. The fourth-order valence-electron chi connectivity index (χ4n) is 1.71. The molecule has 2 aromatic heterocycles. The number of furan rings is 1. The molecule has 0 aliphatic heterocycles. The zero-order valence-electron chi connectivity index (χ0n) is 9.19. The number of nitrogens with zero attached hydrogens (tertiary/aromatic N) is 1. The molecule has 0 spiro atoms. The second-order valence-electron chi connectivity index (χ2n) is 4.22. The van der Waals surface area contributed by atoms with Crippen LogP contribution in [0.1, 0.15) is 24.1 Å². The average molecular weight is 218 g/mol. The Hall–Kier alpha value is -1.55. The molecular weight excluding hydrogens is 204 g/mol. The fourth-order valence-corrected chi connectivity index (χ4v) is 1.71. The molecule has 0 amide bonds. The lowest BCUT2D eigenvalue weighted by molar-refractivity contribution is 0.516. The minimum atomic E-state index is 0.669. The van der Waals surface area contributed by atoms with Gasteiger partial charge in [0.25, 0.3) is 0 Å². The van der Waals surface area contributed by atoms with Crippen LogP contribution in [0.2, 0.25) is 0 Å². The highest BCUT2D eigenvalue weighted by Crippen LogP contribution is 2.28. The molecule has 0 aromatic carbocycles. The van der Waals surface area contributed by atoms with E-state index in [0.717, 1.165) is 29.3 Å². The van der Waals surface area contributed by atoms with E-state index < -0.39 is 0 Å². The van der Waals surface area contributed by atoms with Crippen LogP contribution in [0.3, 0.4) is 0 Å². The Morgan fingerprint density at radius 2 is 2.25 bits per heavy atom. The third kappa shape index (κ3) is 1.76. The van der Waals surface area contributed by atoms with E-state index in [2.05, 4.69) is 10.3 Å². The predicted molar refractivity (Wildman–Crippen MR) is 58.8 cm³/mol. The summed E-state index contributed by atoms with van der Waals surface area (Å²) in [6.07, 6.45) is 5.69. The van der Waals surface area contributed by atoms with Crippen LogP contribution >= 0.6 is 0 Å². The lowest BCUT2D eigenvalue weighted by atomic mass is 10.2. The summed E-state index contributed by atoms with van der Waals surface area (Å²) < 4.78 is 10.8. The van der Waals surface area contributed by atoms with Crippen molar-refractivity contribution in [3.8, 4) is 11.5 Å². The van der Waals surface area contributed by atoms with Gasteiger partial charge < -0.3 is 14.2 Å². The third-order valence-electron chi connectivity index (χ3n) is 2.85. The van der Waals surface area contributed by atoms with E-state index in [1.54, 1.807) is 6.26 Å². The van der Waals surface area contributed by atoms with Gasteiger partial charge in [-0.2, -0.15) is 0 Å². The van der Waals surface area contributed by atoms with E-state index in [1.807, 2.05) is 13.0 Å². The summed E-state index contributed by atoms with van der Waals surface area (Å²) in [5.41, 5.74) is 1.99. The van der Waals surface area contributed by atoms with Crippen molar-refractivity contribution in [1.29, 1.82) is 0 Å². The zero-order valence-corrected chi connectivity index (χ0v) is 9.19. The van der Waals surface area contributed by atoms with E-state index in [-0.39, 0.29) is 0 Å². The molecule has 4 heteroatoms. The molecule has 4 nitrogen and oxygen atoms in total. The quantitative estimate of drug-likeness (QED) is 0.856. The number of hydrogen-bond acceptors (Lipinski definition) is 4. The molecule has 1 aliphatic rings. The number of aryl methyl sites for hydroxylation is 1. The van der Waals surface area contributed by atoms with Gasteiger partial charge in [0, 0.05) is 12.6 Å². The highest BCUT2D eigenvalue weighted by molar-refractivity contribution is 5.56. The number of nitrogens with one attached hydrogen (secondary N) is 1. The molecule has 2 heterocycles. The zero-order chi connectivity index (χ0) is 11.0. The van der Waals surface area contributed by atoms with Gasteiger partial charge in [-0.25, -0.2) is 4.98 Å². The third-order valence-corrected chi connectivity index (χ3v) is 2.85. The highest BCUT2D eigenvalue weighted by atomic mass is 16.4. The van der Waals surface area contributed by atoms with E-state index >= 15 is 0 Å². The lowest BCUT2D eigenvalue weighted by Gasteiger charge is -2.01. The normalized spacial score (nSPS) is 15.6. The number of aromatic nitrogens is 1. The van der Waals surface area contributed by atoms with Crippen LogP contribution in [-0.4, -0.2) is 11.0 Å². The largest absolute Gasteiger partial charge is 0.461 e. The first-order valence-electron chi connectivity index (χ1n) is 5.55. The van der Waals surface area contributed by atoms with Crippen molar-refractivity contribution in [2.24, 2.45) is 0 Å². The number of rotatable bonds is 4. The van der Waals surface area contributed by atoms with E-state index in [0.29, 0.717) is 6.04 Å². The lowest BCUT2D eigenvalue weighted by Crippen LogP contribution is -2.15. The van der Waals surface area contributed by atoms with Crippen molar-refractivity contribution >= 4 is 0 Å². The van der Waals surface area contributed by atoms with Gasteiger partial charge in [-0.1, -0.05) is 0 Å². The average Bonchev–Trinajstić information content (AvgIpc) is 2.83. The van der Waals surface area contributed by atoms with Crippen LogP contribution in [-0.2, 0) is 6.54 Å². The summed E-state index contributed by atoms with van der Waals surface area (Å²) in [5.74, 6) is 1.53. The van der Waals surface area contributed by atoms with Crippen molar-refractivity contribution in [3.63, 3.8) is 0 Å². The Morgan fingerprint density at radius 3 is 2.94 bits per heavy atom. The number of oxazole rings is 1. The molecule has 3 rings (SSSR count). The Morgan fingerprint density at radius 1 is 1.38 bits per heavy atom. The van der Waals surface area contributed by atoms with Gasteiger partial charge in [0.1, 0.15) is 5.69 Å². The van der Waals surface area contributed by atoms with Crippen molar-refractivity contribution in [3.05, 3.63) is 30.0 Å². The SMILES string of the molecule is Cc1ccoc1-c1ocnc1CNC1CC1. The summed E-state index contributed by atoms with van der Waals surface area (Å²) in [5, 5.41) is 3.42. The van der Waals surface area contributed by atoms with Gasteiger partial charge in [-0.05, 0) is 31.4 Å². The first-order valence-corrected chi connectivity index (χ1v) is 5.55. The van der Waals surface area contributed by atoms with Crippen molar-refractivity contribution in [2.45, 2.75) is 32.4 Å². The smallest absolute Gasteiger partial charge is 0.194 e. The summed E-state index contributed by atoms with van der Waals surface area (Å²) in [6.45, 7) is 2.75. The Bertz CT molecular complexity index is 483. The molecule has 1 N–H and O–H groups in total. The predicted octanol–water partition coefficient (Wildman–Crippen LogP) is 2.50. The van der Waals surface area contributed by atoms with E-state index in [9.17, 15) is 0 Å². The maximum Gasteiger partial charge on any atom is 0.194 e. The molecule has 0 radical (unpaired) electrons. The maximum absolute atomic E-state index is 5.41. The van der Waals surface area contributed by atoms with E-state index in [1.165, 1.54) is 19.2 Å². The second-order valence-corrected chi connectivity index (χ2v) is 4.22. The molecule has 0 bridgehead atoms. The van der Waals surface area contributed by atoms with Gasteiger partial charge in [0.05, 0.1) is 6.26 Å². The fraction of sp³-hybridized carbons (Fsp3) is 0.417. The summed E-state index contributed by atoms with van der Waals surface area (Å²) in [7, 11) is 0. The van der Waals surface area contributed by atoms with Crippen LogP contribution in [0, 0.1) is 6.92 Å². The topological polar surface area (TPSA) is 51.2 Å². The van der Waals surface area contributed by atoms with Crippen LogP contribution < -0.4 is 5.32 Å². The van der Waals surface area contributed by atoms with Crippen LogP contribution in [0.5, 0.6) is 0 Å². The minimum absolute atomic E-state index is 0.669. The van der Waals surface area contributed by atoms with Gasteiger partial charge in [-0.3, -0.25) is 0 Å². The molecule has 0 saturated heterocycles. The summed E-state index contributed by atoms with van der Waals surface area (Å²) in [4.78, 5) is 4.22. The summed E-state index contributed by atoms with van der Waals surface area (Å²) >= 11 is 0. The molecule has 16 heavy (non-hydrogen) atoms. The second kappa shape index (κ2) is 3.79. The molecule has 84 valence electrons. The standard InChI is InChI=1S/C12H14N2O2/c1-8-4-5-15-11(8)12-10(14-7-16-12)6-13-9-2-3-9/h4-5,7,9,13H,2-3,6H2,1H3. The molecule has 1 fully saturated rings. The maximum atomic E-state index is 5.41. The van der Waals surface area contributed by atoms with Gasteiger partial charge >= 0.3 is 0 Å². The van der Waals surface area contributed by atoms with Crippen molar-refractivity contribution < 1.29 is 8.83 Å². The Balaban J connectivity index is 1.83. The molecule has 1 aliphatic carbocycles. The Kier molecular flexibility index (Phi) is 2.29. The van der Waals surface area contributed by atoms with Gasteiger partial charge in [-0.15, -0.1) is 0 Å². The molecule has 1 saturated carbocycles. The molecule has 2 aromatic rings. The van der Waals surface area contributed by atoms with Gasteiger partial charge in [0.15, 0.2) is 17.9 Å². The highest BCUT2D eigenvalue weighted by Gasteiger charge is 2.22. The summed E-state index contributed by atoms with van der Waals surface area (Å²) in [6, 6.07) is 2.60. The van der Waals surface area contributed by atoms with Crippen LogP contribution in [0.15, 0.2) is 27.6 Å². The first-order chi connectivity index (χ1) is 7.84. The van der Waals surface area contributed by atoms with Crippen molar-refractivity contribution in [1.82, 2.24) is 10.3 Å². The molecular formula is C12H14N2O2. The molecule has 0 atom stereocenters. The Labute approximate surface area is 93.7 Å². The first kappa shape index (κ1) is 9.66. The molecule has 0 unspecified atom stereocenters. The van der Waals surface area contributed by atoms with Crippen molar-refractivity contribution in [2.75, 3.05) is 0 Å². The van der Waals surface area contributed by atoms with Crippen LogP contribution in [0.25, 0.3) is 11.5 Å². The monoisotopic (exact) mass is 218 g/mol. The number of hydrogen-bond donors (Lipinski definition) is 1. The van der Waals surface area contributed by atoms with Crippen LogP contribution in [0.4, 0.5) is 0 Å². The van der Waals surface area contributed by atoms with E-state index in [4.69, 9.17) is 8.83 Å².